The smallest absolute Gasteiger partial charge is 0.332 e. The molecule has 0 spiro atoms. The summed E-state index contributed by atoms with van der Waals surface area (Å²) in [5.74, 6) is -0.177. The Morgan fingerprint density at radius 2 is 2.14 bits per heavy atom. The van der Waals surface area contributed by atoms with Gasteiger partial charge in [-0.2, -0.15) is 5.10 Å². The van der Waals surface area contributed by atoms with Gasteiger partial charge >= 0.3 is 6.03 Å². The molecule has 0 saturated carbocycles. The van der Waals surface area contributed by atoms with Crippen LogP contribution in [0.2, 0.25) is 5.02 Å². The number of halogens is 2. The van der Waals surface area contributed by atoms with Gasteiger partial charge in [0.15, 0.2) is 0 Å². The van der Waals surface area contributed by atoms with E-state index in [0.717, 1.165) is 5.56 Å². The fourth-order valence-electron chi connectivity index (χ4n) is 1.68. The summed E-state index contributed by atoms with van der Waals surface area (Å²) < 4.78 is 18.9. The average molecular weight is 322 g/mol. The lowest BCUT2D eigenvalue weighted by molar-refractivity contribution is 0.249. The van der Waals surface area contributed by atoms with Crippen LogP contribution in [0.15, 0.2) is 47.6 Å². The van der Waals surface area contributed by atoms with Crippen molar-refractivity contribution < 1.29 is 13.9 Å². The highest BCUT2D eigenvalue weighted by Crippen LogP contribution is 2.22. The largest absolute Gasteiger partial charge is 0.488 e. The Balaban J connectivity index is 2.15. The first kappa shape index (κ1) is 15.8. The maximum Gasteiger partial charge on any atom is 0.332 e. The minimum Gasteiger partial charge on any atom is -0.488 e. The normalized spacial score (nSPS) is 10.6. The molecule has 0 unspecified atom stereocenters. The fraction of sp³-hybridized carbons (Fsp3) is 0.0667. The minimum atomic E-state index is -0.795. The Kier molecular flexibility index (Phi) is 5.32. The van der Waals surface area contributed by atoms with Gasteiger partial charge in [-0.15, -0.1) is 0 Å². The van der Waals surface area contributed by atoms with Gasteiger partial charge in [0.2, 0.25) is 0 Å². The number of hydrogen-bond donors (Lipinski definition) is 2. The summed E-state index contributed by atoms with van der Waals surface area (Å²) in [4.78, 5) is 10.6. The monoisotopic (exact) mass is 321 g/mol. The molecule has 0 heterocycles. The van der Waals surface area contributed by atoms with Crippen LogP contribution in [0.3, 0.4) is 0 Å². The number of primary amides is 1. The van der Waals surface area contributed by atoms with Gasteiger partial charge in [0.25, 0.3) is 0 Å². The van der Waals surface area contributed by atoms with E-state index in [0.29, 0.717) is 10.6 Å². The van der Waals surface area contributed by atoms with Gasteiger partial charge in [-0.3, -0.25) is 0 Å². The maximum atomic E-state index is 13.4. The molecule has 2 amide bonds. The second-order valence-corrected chi connectivity index (χ2v) is 4.70. The van der Waals surface area contributed by atoms with Crippen molar-refractivity contribution in [1.29, 1.82) is 0 Å². The first-order valence-electron chi connectivity index (χ1n) is 6.30. The van der Waals surface area contributed by atoms with Crippen LogP contribution in [-0.2, 0) is 6.61 Å². The minimum absolute atomic E-state index is 0.174. The second-order valence-electron chi connectivity index (χ2n) is 4.30. The van der Waals surface area contributed by atoms with Crippen molar-refractivity contribution in [3.8, 4) is 5.75 Å². The van der Waals surface area contributed by atoms with Crippen molar-refractivity contribution in [2.24, 2.45) is 10.8 Å². The predicted molar refractivity (Wildman–Crippen MR) is 82.5 cm³/mol. The van der Waals surface area contributed by atoms with E-state index in [1.807, 2.05) is 18.2 Å². The molecule has 2 rings (SSSR count). The number of urea groups is 1. The Hall–Kier alpha value is -2.60. The van der Waals surface area contributed by atoms with Crippen molar-refractivity contribution in [3.05, 3.63) is 64.4 Å². The Morgan fingerprint density at radius 1 is 1.36 bits per heavy atom. The van der Waals surface area contributed by atoms with E-state index in [9.17, 15) is 9.18 Å². The number of hydrogen-bond acceptors (Lipinski definition) is 3. The summed E-state index contributed by atoms with van der Waals surface area (Å²) >= 11 is 6.04. The molecule has 0 bridgehead atoms. The Bertz CT molecular complexity index is 707. The molecule has 3 N–H and O–H groups in total. The van der Waals surface area contributed by atoms with E-state index in [4.69, 9.17) is 22.1 Å². The van der Waals surface area contributed by atoms with Crippen LogP contribution in [-0.4, -0.2) is 12.2 Å². The summed E-state index contributed by atoms with van der Waals surface area (Å²) in [6.07, 6.45) is 1.31. The molecule has 0 saturated heterocycles. The van der Waals surface area contributed by atoms with Crippen molar-refractivity contribution >= 4 is 23.8 Å². The highest BCUT2D eigenvalue weighted by atomic mass is 35.5. The molecule has 0 aliphatic heterocycles. The first-order chi connectivity index (χ1) is 10.6. The van der Waals surface area contributed by atoms with Crippen LogP contribution < -0.4 is 15.9 Å². The first-order valence-corrected chi connectivity index (χ1v) is 6.68. The highest BCUT2D eigenvalue weighted by molar-refractivity contribution is 6.31. The zero-order valence-corrected chi connectivity index (χ0v) is 12.2. The zero-order chi connectivity index (χ0) is 15.9. The molecule has 2 aromatic carbocycles. The van der Waals surface area contributed by atoms with Crippen LogP contribution in [0.5, 0.6) is 5.75 Å². The van der Waals surface area contributed by atoms with Gasteiger partial charge in [0.05, 0.1) is 6.21 Å². The SMILES string of the molecule is NC(=O)NN=Cc1ccc(F)cc1OCc1ccccc1Cl. The summed E-state index contributed by atoms with van der Waals surface area (Å²) in [6.45, 7) is 0.174. The molecule has 0 aromatic heterocycles. The number of ether oxygens (including phenoxy) is 1. The van der Waals surface area contributed by atoms with Crippen molar-refractivity contribution in [3.63, 3.8) is 0 Å². The second kappa shape index (κ2) is 7.42. The molecule has 0 atom stereocenters. The van der Waals surface area contributed by atoms with Crippen LogP contribution in [0.4, 0.5) is 9.18 Å². The molecule has 2 aromatic rings. The topological polar surface area (TPSA) is 76.7 Å². The van der Waals surface area contributed by atoms with Gasteiger partial charge in [-0.25, -0.2) is 14.6 Å². The van der Waals surface area contributed by atoms with Gasteiger partial charge in [-0.1, -0.05) is 29.8 Å². The van der Waals surface area contributed by atoms with Crippen molar-refractivity contribution in [2.75, 3.05) is 0 Å². The van der Waals surface area contributed by atoms with E-state index in [1.165, 1.54) is 24.4 Å². The van der Waals surface area contributed by atoms with Crippen molar-refractivity contribution in [2.45, 2.75) is 6.61 Å². The van der Waals surface area contributed by atoms with Crippen LogP contribution in [0.1, 0.15) is 11.1 Å². The lowest BCUT2D eigenvalue weighted by Gasteiger charge is -2.10. The Labute approximate surface area is 131 Å². The molecule has 0 radical (unpaired) electrons. The van der Waals surface area contributed by atoms with Crippen molar-refractivity contribution in [1.82, 2.24) is 5.43 Å². The fourth-order valence-corrected chi connectivity index (χ4v) is 1.87. The van der Waals surface area contributed by atoms with E-state index < -0.39 is 11.8 Å². The molecular formula is C15H13ClFN3O2. The number of nitrogens with zero attached hydrogens (tertiary/aromatic N) is 1. The molecule has 0 fully saturated rings. The summed E-state index contributed by atoms with van der Waals surface area (Å²) in [5, 5.41) is 4.19. The number of carbonyl (C=O) groups is 1. The lowest BCUT2D eigenvalue weighted by Crippen LogP contribution is -2.24. The molecule has 114 valence electrons. The lowest BCUT2D eigenvalue weighted by atomic mass is 10.2. The van der Waals surface area contributed by atoms with E-state index >= 15 is 0 Å². The number of nitrogens with two attached hydrogens (primary N) is 1. The summed E-state index contributed by atoms with van der Waals surface area (Å²) in [7, 11) is 0. The number of rotatable bonds is 5. The molecule has 5 nitrogen and oxygen atoms in total. The van der Waals surface area contributed by atoms with Crippen LogP contribution >= 0.6 is 11.6 Å². The average Bonchev–Trinajstić information content (AvgIpc) is 2.48. The highest BCUT2D eigenvalue weighted by Gasteiger charge is 2.06. The third-order valence-corrected chi connectivity index (χ3v) is 3.06. The molecule has 0 aliphatic rings. The summed E-state index contributed by atoms with van der Waals surface area (Å²) in [5.41, 5.74) is 8.22. The maximum absolute atomic E-state index is 13.4. The number of carbonyl (C=O) groups excluding carboxylic acids is 1. The van der Waals surface area contributed by atoms with E-state index in [1.54, 1.807) is 6.07 Å². The van der Waals surface area contributed by atoms with Gasteiger partial charge in [0.1, 0.15) is 18.2 Å². The molecule has 0 aliphatic carbocycles. The van der Waals surface area contributed by atoms with E-state index in [-0.39, 0.29) is 12.4 Å². The van der Waals surface area contributed by atoms with Gasteiger partial charge in [-0.05, 0) is 18.2 Å². The quantitative estimate of drug-likeness (QED) is 0.656. The van der Waals surface area contributed by atoms with E-state index in [2.05, 4.69) is 10.5 Å². The number of hydrazone groups is 1. The van der Waals surface area contributed by atoms with Gasteiger partial charge < -0.3 is 10.5 Å². The molecule has 22 heavy (non-hydrogen) atoms. The number of amides is 2. The Morgan fingerprint density at radius 3 is 2.86 bits per heavy atom. The molecule has 7 heteroatoms. The predicted octanol–water partition coefficient (Wildman–Crippen LogP) is 3.06. The van der Waals surface area contributed by atoms with Gasteiger partial charge in [0, 0.05) is 22.2 Å². The van der Waals surface area contributed by atoms with Crippen LogP contribution in [0.25, 0.3) is 0 Å². The summed E-state index contributed by atoms with van der Waals surface area (Å²) in [6, 6.07) is 10.4. The third-order valence-electron chi connectivity index (χ3n) is 2.70. The zero-order valence-electron chi connectivity index (χ0n) is 11.4. The van der Waals surface area contributed by atoms with Crippen LogP contribution in [0, 0.1) is 5.82 Å². The standard InChI is InChI=1S/C15H13ClFN3O2/c16-13-4-2-1-3-11(13)9-22-14-7-12(17)6-5-10(14)8-19-20-15(18)21/h1-8H,9H2,(H3,18,20,21). The molecular weight excluding hydrogens is 309 g/mol. The third kappa shape index (κ3) is 4.46. The number of nitrogens with one attached hydrogen (secondary N) is 1. The number of benzene rings is 2.